The van der Waals surface area contributed by atoms with Crippen molar-refractivity contribution in [3.63, 3.8) is 0 Å². The summed E-state index contributed by atoms with van der Waals surface area (Å²) in [6.07, 6.45) is 88.5. The summed E-state index contributed by atoms with van der Waals surface area (Å²) in [7, 11) is 0. The van der Waals surface area contributed by atoms with Crippen molar-refractivity contribution in [2.45, 2.75) is 399 Å². The van der Waals surface area contributed by atoms with Crippen molar-refractivity contribution in [2.75, 3.05) is 13.2 Å². The number of carbonyl (C=O) groups excluding carboxylic acids is 3. The van der Waals surface area contributed by atoms with Gasteiger partial charge in [-0.2, -0.15) is 0 Å². The molecule has 0 aliphatic carbocycles. The molecular weight excluding hydrogens is 997 g/mol. The van der Waals surface area contributed by atoms with Crippen LogP contribution in [0, 0.1) is 0 Å². The molecule has 0 saturated heterocycles. The summed E-state index contributed by atoms with van der Waals surface area (Å²) in [5.74, 6) is -0.851. The molecule has 0 aromatic heterocycles. The molecule has 6 nitrogen and oxygen atoms in total. The van der Waals surface area contributed by atoms with Gasteiger partial charge in [0.15, 0.2) is 6.10 Å². The Morgan fingerprint density at radius 3 is 0.691 bits per heavy atom. The van der Waals surface area contributed by atoms with E-state index in [2.05, 4.69) is 69.4 Å². The lowest BCUT2D eigenvalue weighted by Crippen LogP contribution is -2.30. The van der Waals surface area contributed by atoms with Crippen LogP contribution in [-0.4, -0.2) is 37.2 Å². The SMILES string of the molecule is CCCCCC/C=C\C/C=C\CCCCCCCCCC(=O)OCC(COC(=O)CCCCCCCCCCCCCCC/C=C\C/C=C\CCCCCCC)OC(=O)CCCCCCCCCCCCCCCCCCCCCC. The molecule has 0 bridgehead atoms. The van der Waals surface area contributed by atoms with E-state index in [0.29, 0.717) is 19.3 Å². The zero-order valence-electron chi connectivity index (χ0n) is 54.6. The van der Waals surface area contributed by atoms with Gasteiger partial charge in [0.1, 0.15) is 13.2 Å². The van der Waals surface area contributed by atoms with Crippen molar-refractivity contribution >= 4 is 17.9 Å². The monoisotopic (exact) mass is 1140 g/mol. The average molecular weight is 1140 g/mol. The Bertz CT molecular complexity index is 1400. The van der Waals surface area contributed by atoms with Gasteiger partial charge in [-0.15, -0.1) is 0 Å². The van der Waals surface area contributed by atoms with E-state index in [0.717, 1.165) is 77.0 Å². The van der Waals surface area contributed by atoms with Crippen LogP contribution < -0.4 is 0 Å². The zero-order chi connectivity index (χ0) is 58.5. The molecule has 0 aromatic rings. The molecule has 0 saturated carbocycles. The second-order valence-corrected chi connectivity index (χ2v) is 24.5. The summed E-state index contributed by atoms with van der Waals surface area (Å²) in [4.78, 5) is 38.5. The van der Waals surface area contributed by atoms with E-state index in [9.17, 15) is 14.4 Å². The molecule has 0 radical (unpaired) electrons. The lowest BCUT2D eigenvalue weighted by Gasteiger charge is -2.18. The first-order valence-electron chi connectivity index (χ1n) is 36.1. The van der Waals surface area contributed by atoms with Gasteiger partial charge in [0.2, 0.25) is 0 Å². The van der Waals surface area contributed by atoms with E-state index in [4.69, 9.17) is 14.2 Å². The standard InChI is InChI=1S/C75H138O6/c1-4-7-10-13-16-19-22-25-28-31-34-36-37-38-39-40-42-44-47-50-53-56-59-62-65-68-74(77)80-71-72(70-79-73(76)67-64-61-58-55-52-49-46-43-33-30-27-24-21-18-15-12-9-6-3)81-75(78)69-66-63-60-57-54-51-48-45-41-35-32-29-26-23-20-17-14-11-8-5-2/h21-22,24-25,30-31,33-34,72H,4-20,23,26-29,32,35-71H2,1-3H3/b24-21-,25-22-,33-30-,34-31-. The highest BCUT2D eigenvalue weighted by atomic mass is 16.6. The average Bonchev–Trinajstić information content (AvgIpc) is 3.47. The molecule has 0 N–H and O–H groups in total. The lowest BCUT2D eigenvalue weighted by atomic mass is 10.0. The zero-order valence-corrected chi connectivity index (χ0v) is 54.6. The van der Waals surface area contributed by atoms with Gasteiger partial charge in [0.25, 0.3) is 0 Å². The van der Waals surface area contributed by atoms with Gasteiger partial charge in [-0.1, -0.05) is 339 Å². The number of rotatable bonds is 67. The molecule has 1 unspecified atom stereocenters. The smallest absolute Gasteiger partial charge is 0.306 e. The van der Waals surface area contributed by atoms with Gasteiger partial charge in [0, 0.05) is 19.3 Å². The predicted octanol–water partition coefficient (Wildman–Crippen LogP) is 24.9. The van der Waals surface area contributed by atoms with Crippen LogP contribution in [0.25, 0.3) is 0 Å². The number of unbranched alkanes of at least 4 members (excludes halogenated alkanes) is 48. The highest BCUT2D eigenvalue weighted by molar-refractivity contribution is 5.71. The summed E-state index contributed by atoms with van der Waals surface area (Å²) in [6, 6.07) is 0. The molecule has 0 spiro atoms. The van der Waals surface area contributed by atoms with E-state index in [1.807, 2.05) is 0 Å². The molecular formula is C75H138O6. The number of hydrogen-bond acceptors (Lipinski definition) is 6. The van der Waals surface area contributed by atoms with Crippen LogP contribution in [0.5, 0.6) is 0 Å². The van der Waals surface area contributed by atoms with Gasteiger partial charge >= 0.3 is 17.9 Å². The van der Waals surface area contributed by atoms with Crippen LogP contribution in [0.4, 0.5) is 0 Å². The van der Waals surface area contributed by atoms with Gasteiger partial charge in [-0.05, 0) is 83.5 Å². The maximum atomic E-state index is 13.0. The maximum Gasteiger partial charge on any atom is 0.306 e. The third-order valence-corrected chi connectivity index (χ3v) is 16.3. The molecule has 0 fully saturated rings. The van der Waals surface area contributed by atoms with E-state index >= 15 is 0 Å². The third-order valence-electron chi connectivity index (χ3n) is 16.3. The molecule has 0 rings (SSSR count). The van der Waals surface area contributed by atoms with E-state index in [-0.39, 0.29) is 31.1 Å². The number of esters is 3. The third kappa shape index (κ3) is 68.0. The van der Waals surface area contributed by atoms with Gasteiger partial charge in [-0.25, -0.2) is 0 Å². The second kappa shape index (κ2) is 69.9. The summed E-state index contributed by atoms with van der Waals surface area (Å²) in [5, 5.41) is 0. The topological polar surface area (TPSA) is 78.9 Å². The van der Waals surface area contributed by atoms with E-state index in [1.165, 1.54) is 276 Å². The second-order valence-electron chi connectivity index (χ2n) is 24.5. The van der Waals surface area contributed by atoms with Crippen LogP contribution >= 0.6 is 0 Å². The quantitative estimate of drug-likeness (QED) is 0.0261. The van der Waals surface area contributed by atoms with Crippen molar-refractivity contribution in [3.8, 4) is 0 Å². The van der Waals surface area contributed by atoms with Gasteiger partial charge < -0.3 is 14.2 Å². The van der Waals surface area contributed by atoms with Crippen molar-refractivity contribution in [1.29, 1.82) is 0 Å². The molecule has 0 aliphatic heterocycles. The first-order chi connectivity index (χ1) is 40.0. The summed E-state index contributed by atoms with van der Waals surface area (Å²) in [6.45, 7) is 6.68. The van der Waals surface area contributed by atoms with Crippen LogP contribution in [0.1, 0.15) is 393 Å². The number of hydrogen-bond donors (Lipinski definition) is 0. The molecule has 474 valence electrons. The lowest BCUT2D eigenvalue weighted by molar-refractivity contribution is -0.167. The van der Waals surface area contributed by atoms with Crippen molar-refractivity contribution in [3.05, 3.63) is 48.6 Å². The molecule has 0 amide bonds. The van der Waals surface area contributed by atoms with Crippen LogP contribution in [-0.2, 0) is 28.6 Å². The predicted molar refractivity (Wildman–Crippen MR) is 353 cm³/mol. The number of ether oxygens (including phenoxy) is 3. The molecule has 0 heterocycles. The Kier molecular flexibility index (Phi) is 67.6. The van der Waals surface area contributed by atoms with Crippen LogP contribution in [0.3, 0.4) is 0 Å². The van der Waals surface area contributed by atoms with Gasteiger partial charge in [0.05, 0.1) is 0 Å². The Hall–Kier alpha value is -2.63. The highest BCUT2D eigenvalue weighted by Gasteiger charge is 2.19. The Balaban J connectivity index is 4.31. The summed E-state index contributed by atoms with van der Waals surface area (Å²) < 4.78 is 17.0. The van der Waals surface area contributed by atoms with Gasteiger partial charge in [-0.3, -0.25) is 14.4 Å². The van der Waals surface area contributed by atoms with E-state index in [1.54, 1.807) is 0 Å². The highest BCUT2D eigenvalue weighted by Crippen LogP contribution is 2.18. The molecule has 0 aromatic carbocycles. The maximum absolute atomic E-state index is 13.0. The first-order valence-corrected chi connectivity index (χ1v) is 36.1. The number of allylic oxidation sites excluding steroid dienone is 8. The molecule has 6 heteroatoms. The molecule has 1 atom stereocenters. The summed E-state index contributed by atoms with van der Waals surface area (Å²) >= 11 is 0. The largest absolute Gasteiger partial charge is 0.462 e. The minimum atomic E-state index is -0.776. The molecule has 0 aliphatic rings. The normalized spacial score (nSPS) is 12.3. The van der Waals surface area contributed by atoms with Crippen LogP contribution in [0.2, 0.25) is 0 Å². The molecule has 81 heavy (non-hydrogen) atoms. The summed E-state index contributed by atoms with van der Waals surface area (Å²) in [5.41, 5.74) is 0. The number of carbonyl (C=O) groups is 3. The Morgan fingerprint density at radius 1 is 0.247 bits per heavy atom. The fourth-order valence-electron chi connectivity index (χ4n) is 10.9. The van der Waals surface area contributed by atoms with Crippen molar-refractivity contribution < 1.29 is 28.6 Å². The fourth-order valence-corrected chi connectivity index (χ4v) is 10.9. The van der Waals surface area contributed by atoms with Crippen molar-refractivity contribution in [2.24, 2.45) is 0 Å². The minimum absolute atomic E-state index is 0.0715. The Morgan fingerprint density at radius 2 is 0.444 bits per heavy atom. The minimum Gasteiger partial charge on any atom is -0.462 e. The first kappa shape index (κ1) is 78.4. The fraction of sp³-hybridized carbons (Fsp3) is 0.853. The van der Waals surface area contributed by atoms with E-state index < -0.39 is 6.10 Å². The van der Waals surface area contributed by atoms with Crippen molar-refractivity contribution in [1.82, 2.24) is 0 Å². The van der Waals surface area contributed by atoms with Crippen LogP contribution in [0.15, 0.2) is 48.6 Å². The Labute approximate surface area is 505 Å².